The third kappa shape index (κ3) is 15.9. The summed E-state index contributed by atoms with van der Waals surface area (Å²) in [6.07, 6.45) is 3.23. The van der Waals surface area contributed by atoms with Crippen LogP contribution < -0.4 is 15.5 Å². The fourth-order valence-electron chi connectivity index (χ4n) is 6.16. The van der Waals surface area contributed by atoms with E-state index in [1.165, 1.54) is 36.4 Å². The molecule has 2 heterocycles. The molecule has 380 valence electrons. The Morgan fingerprint density at radius 2 is 0.930 bits per heavy atom. The number of anilines is 3. The van der Waals surface area contributed by atoms with Crippen LogP contribution in [0.25, 0.3) is 22.5 Å². The summed E-state index contributed by atoms with van der Waals surface area (Å²) in [6.45, 7) is 3.98. The Balaban J connectivity index is 0.000000256. The first-order valence-electron chi connectivity index (χ1n) is 21.1. The maximum atomic E-state index is 13.2. The number of nitrogen functional groups attached to an aromatic ring is 1. The molecule has 0 atom stereocenters. The van der Waals surface area contributed by atoms with E-state index in [-0.39, 0.29) is 33.4 Å². The van der Waals surface area contributed by atoms with Crippen LogP contribution in [0.3, 0.4) is 0 Å². The molecule has 3 N–H and O–H groups in total. The van der Waals surface area contributed by atoms with Crippen molar-refractivity contribution in [1.82, 2.24) is 19.9 Å². The van der Waals surface area contributed by atoms with Gasteiger partial charge in [-0.25, -0.2) is 41.6 Å². The van der Waals surface area contributed by atoms with Gasteiger partial charge in [0.05, 0.1) is 33.6 Å². The number of nitrogens with zero attached hydrogens (tertiary/aromatic N) is 6. The second kappa shape index (κ2) is 24.8. The Labute approximate surface area is 414 Å². The highest BCUT2D eigenvalue weighted by molar-refractivity contribution is 7.98. The van der Waals surface area contributed by atoms with E-state index in [1.54, 1.807) is 62.5 Å². The van der Waals surface area contributed by atoms with Crippen LogP contribution in [0.5, 0.6) is 0 Å². The fraction of sp³-hybridized carbons (Fsp3) is 0.277. The number of carboxylic acids is 1. The van der Waals surface area contributed by atoms with Gasteiger partial charge in [-0.05, 0) is 55.8 Å². The second-order valence-electron chi connectivity index (χ2n) is 15.9. The number of carboxylic acid groups (broad SMARTS) is 1. The fourth-order valence-corrected chi connectivity index (χ4v) is 13.8. The molecule has 0 aliphatic rings. The Bertz CT molecular complexity index is 3110. The summed E-state index contributed by atoms with van der Waals surface area (Å²) in [4.78, 5) is 45.2. The van der Waals surface area contributed by atoms with Gasteiger partial charge in [0.2, 0.25) is 0 Å². The SMILES string of the molecule is COP(=O)(CS(=O)(=O)c1ccc(CC(=O)c2nc(-c3ccc(C)cc3)cnc2N(C)C)cc1)OC.COP(=O)(CS(=O)(=O)c1ccc(N)cc1)OC.Cc1ccc(-c2cnc(N(C)C)c(C(=O)O)n2)cc1. The van der Waals surface area contributed by atoms with E-state index in [9.17, 15) is 40.7 Å². The minimum atomic E-state index is -3.92. The van der Waals surface area contributed by atoms with Crippen molar-refractivity contribution in [2.24, 2.45) is 0 Å². The first kappa shape index (κ1) is 57.4. The van der Waals surface area contributed by atoms with Gasteiger partial charge >= 0.3 is 21.2 Å². The van der Waals surface area contributed by atoms with Crippen molar-refractivity contribution in [3.05, 3.63) is 138 Å². The predicted molar refractivity (Wildman–Crippen MR) is 273 cm³/mol. The lowest BCUT2D eigenvalue weighted by atomic mass is 10.1. The molecule has 24 heteroatoms. The largest absolute Gasteiger partial charge is 0.476 e. The van der Waals surface area contributed by atoms with Gasteiger partial charge in [-0.15, -0.1) is 0 Å². The van der Waals surface area contributed by atoms with E-state index in [0.717, 1.165) is 50.7 Å². The summed E-state index contributed by atoms with van der Waals surface area (Å²) in [5.41, 5.74) is 10.3. The first-order chi connectivity index (χ1) is 33.3. The number of carbonyl (C=O) groups excluding carboxylic acids is 1. The van der Waals surface area contributed by atoms with Crippen LogP contribution in [-0.2, 0) is 53.3 Å². The molecule has 0 amide bonds. The molecular weight excluding hydrogens is 997 g/mol. The highest BCUT2D eigenvalue weighted by atomic mass is 32.2. The van der Waals surface area contributed by atoms with Crippen molar-refractivity contribution in [3.8, 4) is 22.5 Å². The number of aromatic nitrogens is 4. The van der Waals surface area contributed by atoms with Crippen LogP contribution in [0, 0.1) is 13.8 Å². The summed E-state index contributed by atoms with van der Waals surface area (Å²) in [5.74, 6) is -0.539. The maximum Gasteiger partial charge on any atom is 0.358 e. The van der Waals surface area contributed by atoms with Gasteiger partial charge in [0, 0.05) is 79.9 Å². The van der Waals surface area contributed by atoms with Crippen molar-refractivity contribution in [2.45, 2.75) is 30.1 Å². The van der Waals surface area contributed by atoms with E-state index in [4.69, 9.17) is 14.8 Å². The Morgan fingerprint density at radius 1 is 0.577 bits per heavy atom. The number of benzene rings is 4. The van der Waals surface area contributed by atoms with Crippen LogP contribution >= 0.6 is 15.2 Å². The monoisotopic (exact) mass is 1050 g/mol. The van der Waals surface area contributed by atoms with E-state index in [2.05, 4.69) is 29.0 Å². The van der Waals surface area contributed by atoms with Crippen LogP contribution in [0.4, 0.5) is 17.3 Å². The summed E-state index contributed by atoms with van der Waals surface area (Å²) < 4.78 is 91.7. The van der Waals surface area contributed by atoms with Gasteiger partial charge in [0.25, 0.3) is 0 Å². The molecule has 0 fully saturated rings. The molecule has 4 aromatic carbocycles. The van der Waals surface area contributed by atoms with Crippen molar-refractivity contribution >= 4 is 63.9 Å². The first-order valence-corrected chi connectivity index (χ1v) is 27.9. The van der Waals surface area contributed by atoms with Crippen molar-refractivity contribution < 1.29 is 58.8 Å². The number of aryl methyl sites for hydroxylation is 2. The van der Waals surface area contributed by atoms with Gasteiger partial charge in [0.1, 0.15) is 5.69 Å². The van der Waals surface area contributed by atoms with Crippen molar-refractivity contribution in [1.29, 1.82) is 0 Å². The third-order valence-corrected chi connectivity index (χ3v) is 19.6. The molecule has 20 nitrogen and oxygen atoms in total. The Hall–Kier alpha value is -6.22. The quantitative estimate of drug-likeness (QED) is 0.0470. The van der Waals surface area contributed by atoms with Crippen LogP contribution in [0.2, 0.25) is 0 Å². The van der Waals surface area contributed by atoms with Crippen molar-refractivity contribution in [2.75, 3.05) is 83.2 Å². The maximum absolute atomic E-state index is 13.2. The number of Topliss-reactive ketones (excluding diaryl/α,β-unsaturated/α-hetero) is 1. The summed E-state index contributed by atoms with van der Waals surface area (Å²) in [5, 5.41) is 9.20. The number of hydrogen-bond donors (Lipinski definition) is 2. The minimum Gasteiger partial charge on any atom is -0.476 e. The molecule has 71 heavy (non-hydrogen) atoms. The summed E-state index contributed by atoms with van der Waals surface area (Å²) in [7, 11) is -3.41. The van der Waals surface area contributed by atoms with Crippen LogP contribution in [0.15, 0.2) is 119 Å². The average molecular weight is 1050 g/mol. The normalized spacial score (nSPS) is 11.6. The number of hydrogen-bond acceptors (Lipinski definition) is 19. The zero-order valence-electron chi connectivity index (χ0n) is 40.8. The second-order valence-corrected chi connectivity index (χ2v) is 25.3. The summed E-state index contributed by atoms with van der Waals surface area (Å²) in [6, 6.07) is 26.9. The molecule has 2 aromatic heterocycles. The molecule has 6 aromatic rings. The molecule has 0 saturated carbocycles. The molecule has 0 aliphatic heterocycles. The van der Waals surface area contributed by atoms with E-state index in [0.29, 0.717) is 34.3 Å². The van der Waals surface area contributed by atoms with Gasteiger partial charge in [-0.3, -0.25) is 13.9 Å². The number of aromatic carboxylic acids is 1. The topological polar surface area (TPSA) is 278 Å². The number of sulfone groups is 2. The number of ketones is 1. The standard InChI is InChI=1S/C24H28N3O6PS.C14H15N3O2.C9H14NO5PS/c1-17-6-10-19(11-7-17)21-15-25-24(27(2)3)23(26-21)22(28)14-18-8-12-20(13-9-18)35(30,31)16-34(29,32-4)33-5;1-9-4-6-10(7-5-9)11-8-15-13(17(2)3)12(16-11)14(18)19;1-14-16(11,15-2)7-17(12,13)9-5-3-8(10)4-6-9/h6-13,15H,14,16H2,1-5H3;4-8H,1-3H3,(H,18,19);3-6H,7,10H2,1-2H3. The highest BCUT2D eigenvalue weighted by Gasteiger charge is 2.32. The molecule has 0 unspecified atom stereocenters. The summed E-state index contributed by atoms with van der Waals surface area (Å²) >= 11 is 0. The Kier molecular flexibility index (Phi) is 20.0. The van der Waals surface area contributed by atoms with E-state index >= 15 is 0 Å². The zero-order valence-corrected chi connectivity index (χ0v) is 44.3. The van der Waals surface area contributed by atoms with Crippen molar-refractivity contribution in [3.63, 3.8) is 0 Å². The smallest absolute Gasteiger partial charge is 0.358 e. The predicted octanol–water partition coefficient (Wildman–Crippen LogP) is 7.86. The van der Waals surface area contributed by atoms with Crippen LogP contribution in [-0.4, -0.2) is 121 Å². The average Bonchev–Trinajstić information content (AvgIpc) is 3.34. The molecule has 6 rings (SSSR count). The zero-order chi connectivity index (χ0) is 52.9. The Morgan fingerprint density at radius 3 is 1.28 bits per heavy atom. The molecule has 0 radical (unpaired) electrons. The minimum absolute atomic E-state index is 0.00182. The van der Waals surface area contributed by atoms with E-state index < -0.39 is 51.8 Å². The van der Waals surface area contributed by atoms with E-state index in [1.807, 2.05) is 62.4 Å². The van der Waals surface area contributed by atoms with Gasteiger partial charge in [-0.2, -0.15) is 0 Å². The lowest BCUT2D eigenvalue weighted by Crippen LogP contribution is -2.18. The lowest BCUT2D eigenvalue weighted by molar-refractivity contribution is 0.0690. The molecule has 0 saturated heterocycles. The van der Waals surface area contributed by atoms with Gasteiger partial charge < -0.3 is 38.7 Å². The van der Waals surface area contributed by atoms with Gasteiger partial charge in [-0.1, -0.05) is 71.8 Å². The third-order valence-electron chi connectivity index (χ3n) is 10.2. The number of rotatable bonds is 18. The lowest BCUT2D eigenvalue weighted by Gasteiger charge is -2.16. The molecule has 0 aliphatic carbocycles. The molecule has 0 spiro atoms. The number of carbonyl (C=O) groups is 2. The van der Waals surface area contributed by atoms with Crippen LogP contribution in [0.1, 0.15) is 37.7 Å². The highest BCUT2D eigenvalue weighted by Crippen LogP contribution is 2.49. The van der Waals surface area contributed by atoms with Gasteiger partial charge in [0.15, 0.2) is 53.8 Å². The molecular formula is C47H57N7O13P2S2. The number of nitrogens with two attached hydrogens (primary N) is 1. The molecule has 0 bridgehead atoms.